The molecule has 140 valence electrons. The number of nitrogens with zero attached hydrogens (tertiary/aromatic N) is 2. The van der Waals surface area contributed by atoms with E-state index >= 15 is 0 Å². The maximum atomic E-state index is 12.1. The zero-order valence-corrected chi connectivity index (χ0v) is 14.9. The summed E-state index contributed by atoms with van der Waals surface area (Å²) in [6, 6.07) is 21.8. The minimum absolute atomic E-state index is 0.101. The fourth-order valence-electron chi connectivity index (χ4n) is 3.04. The van der Waals surface area contributed by atoms with Crippen molar-refractivity contribution in [2.75, 3.05) is 0 Å². The van der Waals surface area contributed by atoms with Crippen LogP contribution in [0.1, 0.15) is 11.1 Å². The van der Waals surface area contributed by atoms with Gasteiger partial charge in [-0.15, -0.1) is 0 Å². The third-order valence-electron chi connectivity index (χ3n) is 4.48. The van der Waals surface area contributed by atoms with Crippen LogP contribution in [0.25, 0.3) is 10.9 Å². The first kappa shape index (κ1) is 17.5. The molecule has 0 aliphatic heterocycles. The van der Waals surface area contributed by atoms with Crippen LogP contribution in [0.5, 0.6) is 5.75 Å². The van der Waals surface area contributed by atoms with E-state index < -0.39 is 4.92 Å². The van der Waals surface area contributed by atoms with E-state index in [4.69, 9.17) is 4.74 Å². The molecule has 0 atom stereocenters. The van der Waals surface area contributed by atoms with Crippen LogP contribution in [0, 0.1) is 10.1 Å². The highest BCUT2D eigenvalue weighted by molar-refractivity contribution is 5.81. The summed E-state index contributed by atoms with van der Waals surface area (Å²) in [5.41, 5.74) is 2.24. The summed E-state index contributed by atoms with van der Waals surface area (Å²) in [7, 11) is 0. The molecule has 0 fully saturated rings. The lowest BCUT2D eigenvalue weighted by Gasteiger charge is -2.08. The van der Waals surface area contributed by atoms with Crippen molar-refractivity contribution < 1.29 is 9.66 Å². The quantitative estimate of drug-likeness (QED) is 0.409. The average Bonchev–Trinajstić information content (AvgIpc) is 3.03. The van der Waals surface area contributed by atoms with Gasteiger partial charge in [0.2, 0.25) is 0 Å². The second kappa shape index (κ2) is 7.40. The Morgan fingerprint density at radius 3 is 2.43 bits per heavy atom. The van der Waals surface area contributed by atoms with Crippen molar-refractivity contribution in [3.8, 4) is 5.75 Å². The van der Waals surface area contributed by atoms with E-state index in [1.165, 1.54) is 12.1 Å². The molecule has 0 saturated carbocycles. The third kappa shape index (κ3) is 3.64. The Balaban J connectivity index is 1.50. The van der Waals surface area contributed by atoms with Gasteiger partial charge in [0, 0.05) is 12.1 Å². The smallest absolute Gasteiger partial charge is 0.272 e. The molecule has 3 aromatic carbocycles. The predicted octanol–water partition coefficient (Wildman–Crippen LogP) is 3.87. The molecule has 0 saturated heterocycles. The molecule has 0 unspecified atom stereocenters. The number of hydrogen-bond donors (Lipinski definition) is 1. The highest BCUT2D eigenvalue weighted by Gasteiger charge is 2.12. The molecule has 1 aromatic heterocycles. The maximum absolute atomic E-state index is 12.1. The standard InChI is InChI=1S/C21H17N3O4/c25-21-19-12-17(24(26)27)8-11-20(19)23(22-21)13-15-6-9-18(10-7-15)28-14-16-4-2-1-3-5-16/h1-12H,13-14H2,(H,22,25). The van der Waals surface area contributed by atoms with Crippen LogP contribution in [0.3, 0.4) is 0 Å². The van der Waals surface area contributed by atoms with Crippen LogP contribution in [0.15, 0.2) is 77.6 Å². The molecule has 4 rings (SSSR count). The molecule has 0 radical (unpaired) electrons. The largest absolute Gasteiger partial charge is 0.489 e. The molecule has 0 spiro atoms. The second-order valence-corrected chi connectivity index (χ2v) is 6.40. The lowest BCUT2D eigenvalue weighted by atomic mass is 10.2. The first-order chi connectivity index (χ1) is 13.6. The van der Waals surface area contributed by atoms with E-state index in [2.05, 4.69) is 5.10 Å². The minimum atomic E-state index is -0.510. The number of hydrogen-bond acceptors (Lipinski definition) is 4. The van der Waals surface area contributed by atoms with Crippen LogP contribution in [0.2, 0.25) is 0 Å². The number of non-ortho nitro benzene ring substituents is 1. The van der Waals surface area contributed by atoms with Crippen molar-refractivity contribution >= 4 is 16.6 Å². The molecule has 28 heavy (non-hydrogen) atoms. The van der Waals surface area contributed by atoms with E-state index in [0.717, 1.165) is 16.9 Å². The number of ether oxygens (including phenoxy) is 1. The summed E-state index contributed by atoms with van der Waals surface area (Å²) in [6.45, 7) is 0.935. The first-order valence-electron chi connectivity index (χ1n) is 8.73. The Morgan fingerprint density at radius 1 is 0.964 bits per heavy atom. The maximum Gasteiger partial charge on any atom is 0.272 e. The SMILES string of the molecule is O=c1[nH]n(Cc2ccc(OCc3ccccc3)cc2)c2ccc([N+](=O)[O-])cc12. The zero-order valence-electron chi connectivity index (χ0n) is 14.9. The molecule has 0 aliphatic rings. The number of nitro benzene ring substituents is 1. The Hall–Kier alpha value is -3.87. The summed E-state index contributed by atoms with van der Waals surface area (Å²) in [4.78, 5) is 22.5. The van der Waals surface area contributed by atoms with Gasteiger partial charge in [-0.3, -0.25) is 24.7 Å². The first-order valence-corrected chi connectivity index (χ1v) is 8.73. The minimum Gasteiger partial charge on any atom is -0.489 e. The van der Waals surface area contributed by atoms with Gasteiger partial charge in [-0.1, -0.05) is 42.5 Å². The Kier molecular flexibility index (Phi) is 4.63. The normalized spacial score (nSPS) is 10.9. The number of benzene rings is 3. The summed E-state index contributed by atoms with van der Waals surface area (Å²) in [5, 5.41) is 13.9. The number of rotatable bonds is 6. The summed E-state index contributed by atoms with van der Waals surface area (Å²) in [5.74, 6) is 0.758. The van der Waals surface area contributed by atoms with Gasteiger partial charge in [-0.2, -0.15) is 0 Å². The van der Waals surface area contributed by atoms with Gasteiger partial charge in [0.1, 0.15) is 12.4 Å². The van der Waals surface area contributed by atoms with Crippen molar-refractivity contribution in [3.63, 3.8) is 0 Å². The highest BCUT2D eigenvalue weighted by atomic mass is 16.6. The van der Waals surface area contributed by atoms with E-state index in [1.54, 1.807) is 10.7 Å². The highest BCUT2D eigenvalue weighted by Crippen LogP contribution is 2.20. The Morgan fingerprint density at radius 2 is 1.71 bits per heavy atom. The van der Waals surface area contributed by atoms with Crippen molar-refractivity contribution in [2.45, 2.75) is 13.2 Å². The van der Waals surface area contributed by atoms with Gasteiger partial charge in [0.25, 0.3) is 11.2 Å². The van der Waals surface area contributed by atoms with Gasteiger partial charge >= 0.3 is 0 Å². The van der Waals surface area contributed by atoms with Crippen molar-refractivity contribution in [2.24, 2.45) is 0 Å². The van der Waals surface area contributed by atoms with Crippen LogP contribution in [-0.2, 0) is 13.2 Å². The fraction of sp³-hybridized carbons (Fsp3) is 0.0952. The second-order valence-electron chi connectivity index (χ2n) is 6.40. The Labute approximate surface area is 159 Å². The van der Waals surface area contributed by atoms with Crippen LogP contribution in [0.4, 0.5) is 5.69 Å². The summed E-state index contributed by atoms with van der Waals surface area (Å²) >= 11 is 0. The molecular formula is C21H17N3O4. The van der Waals surface area contributed by atoms with E-state index in [-0.39, 0.29) is 11.2 Å². The Bertz CT molecular complexity index is 1180. The number of aromatic amines is 1. The van der Waals surface area contributed by atoms with Crippen LogP contribution in [-0.4, -0.2) is 14.7 Å². The third-order valence-corrected chi connectivity index (χ3v) is 4.48. The fourth-order valence-corrected chi connectivity index (χ4v) is 3.04. The van der Waals surface area contributed by atoms with E-state index in [1.807, 2.05) is 54.6 Å². The molecule has 1 N–H and O–H groups in total. The molecule has 1 heterocycles. The van der Waals surface area contributed by atoms with Crippen molar-refractivity contribution in [1.29, 1.82) is 0 Å². The van der Waals surface area contributed by atoms with Crippen LogP contribution < -0.4 is 10.3 Å². The van der Waals surface area contributed by atoms with Crippen LogP contribution >= 0.6 is 0 Å². The molecule has 7 nitrogen and oxygen atoms in total. The predicted molar refractivity (Wildman–Crippen MR) is 106 cm³/mol. The van der Waals surface area contributed by atoms with Gasteiger partial charge in [-0.25, -0.2) is 0 Å². The van der Waals surface area contributed by atoms with E-state index in [0.29, 0.717) is 24.1 Å². The lowest BCUT2D eigenvalue weighted by molar-refractivity contribution is -0.384. The van der Waals surface area contributed by atoms with Gasteiger partial charge in [0.15, 0.2) is 0 Å². The van der Waals surface area contributed by atoms with E-state index in [9.17, 15) is 14.9 Å². The molecule has 4 aromatic rings. The monoisotopic (exact) mass is 375 g/mol. The van der Waals surface area contributed by atoms with Crippen molar-refractivity contribution in [1.82, 2.24) is 9.78 Å². The lowest BCUT2D eigenvalue weighted by Crippen LogP contribution is -2.06. The molecular weight excluding hydrogens is 358 g/mol. The average molecular weight is 375 g/mol. The molecule has 0 bridgehead atoms. The molecule has 7 heteroatoms. The van der Waals surface area contributed by atoms with Crippen molar-refractivity contribution in [3.05, 3.63) is 104 Å². The summed E-state index contributed by atoms with van der Waals surface area (Å²) in [6.07, 6.45) is 0. The molecule has 0 aliphatic carbocycles. The zero-order chi connectivity index (χ0) is 19.5. The topological polar surface area (TPSA) is 90.2 Å². The number of nitrogens with one attached hydrogen (secondary N) is 1. The van der Waals surface area contributed by atoms with Gasteiger partial charge in [-0.05, 0) is 29.3 Å². The number of fused-ring (bicyclic) bond motifs is 1. The van der Waals surface area contributed by atoms with Gasteiger partial charge < -0.3 is 4.74 Å². The molecule has 0 amide bonds. The summed E-state index contributed by atoms with van der Waals surface area (Å²) < 4.78 is 7.46. The number of H-pyrrole nitrogens is 1. The number of nitro groups is 1. The number of aromatic nitrogens is 2. The van der Waals surface area contributed by atoms with Gasteiger partial charge in [0.05, 0.1) is 22.4 Å².